The molecule has 0 unspecified atom stereocenters. The molecule has 0 fully saturated rings. The zero-order valence-corrected chi connectivity index (χ0v) is 13.7. The van der Waals surface area contributed by atoms with Gasteiger partial charge in [-0.15, -0.1) is 0 Å². The second-order valence-corrected chi connectivity index (χ2v) is 6.49. The first-order chi connectivity index (χ1) is 10.4. The predicted molar refractivity (Wildman–Crippen MR) is 87.9 cm³/mol. The summed E-state index contributed by atoms with van der Waals surface area (Å²) < 4.78 is 0. The van der Waals surface area contributed by atoms with E-state index in [1.807, 2.05) is 0 Å². The maximum Gasteiger partial charge on any atom is 0.271 e. The molecule has 22 heavy (non-hydrogen) atoms. The lowest BCUT2D eigenvalue weighted by atomic mass is 9.85. The van der Waals surface area contributed by atoms with Crippen LogP contribution in [0.25, 0.3) is 0 Å². The van der Waals surface area contributed by atoms with Crippen molar-refractivity contribution in [3.63, 3.8) is 0 Å². The molecule has 116 valence electrons. The monoisotopic (exact) mass is 297 g/mol. The number of hydrogen-bond acceptors (Lipinski definition) is 3. The van der Waals surface area contributed by atoms with Crippen LogP contribution in [0.1, 0.15) is 48.0 Å². The number of nitrogens with zero attached hydrogens (tertiary/aromatic N) is 2. The summed E-state index contributed by atoms with van der Waals surface area (Å²) in [5, 5.41) is 2.89. The van der Waals surface area contributed by atoms with Gasteiger partial charge in [0.15, 0.2) is 0 Å². The third-order valence-electron chi connectivity index (χ3n) is 3.69. The number of hydrogen-bond donors (Lipinski definition) is 1. The highest BCUT2D eigenvalue weighted by Gasteiger charge is 2.14. The quantitative estimate of drug-likeness (QED) is 0.943. The van der Waals surface area contributed by atoms with E-state index in [0.29, 0.717) is 12.2 Å². The van der Waals surface area contributed by atoms with Crippen LogP contribution >= 0.6 is 0 Å². The number of aromatic nitrogens is 2. The zero-order valence-electron chi connectivity index (χ0n) is 13.7. The molecular weight excluding hydrogens is 274 g/mol. The fourth-order valence-corrected chi connectivity index (χ4v) is 2.22. The molecule has 0 bridgehead atoms. The molecule has 0 aliphatic heterocycles. The number of carbonyl (C=O) groups is 1. The van der Waals surface area contributed by atoms with Gasteiger partial charge in [0.1, 0.15) is 5.69 Å². The fraction of sp³-hybridized carbons (Fsp3) is 0.389. The molecule has 0 radical (unpaired) electrons. The third kappa shape index (κ3) is 4.13. The molecule has 0 aliphatic carbocycles. The average Bonchev–Trinajstić information content (AvgIpc) is 2.48. The first-order valence-corrected chi connectivity index (χ1v) is 7.52. The van der Waals surface area contributed by atoms with Gasteiger partial charge in [0.05, 0.1) is 6.20 Å². The molecule has 0 saturated heterocycles. The van der Waals surface area contributed by atoms with E-state index in [1.165, 1.54) is 29.1 Å². The number of aryl methyl sites for hydroxylation is 1. The Labute approximate surface area is 132 Å². The maximum atomic E-state index is 11.9. The van der Waals surface area contributed by atoms with E-state index in [9.17, 15) is 4.79 Å². The molecular formula is C18H23N3O. The fourth-order valence-electron chi connectivity index (χ4n) is 2.22. The van der Waals surface area contributed by atoms with Crippen LogP contribution in [0, 0.1) is 6.92 Å². The summed E-state index contributed by atoms with van der Waals surface area (Å²) in [5.41, 5.74) is 4.32. The Bertz CT molecular complexity index is 645. The van der Waals surface area contributed by atoms with Gasteiger partial charge in [-0.05, 0) is 35.4 Å². The summed E-state index contributed by atoms with van der Waals surface area (Å²) in [4.78, 5) is 19.8. The lowest BCUT2D eigenvalue weighted by Gasteiger charge is -2.21. The Morgan fingerprint density at radius 3 is 2.64 bits per heavy atom. The van der Waals surface area contributed by atoms with E-state index in [2.05, 4.69) is 61.2 Å². The van der Waals surface area contributed by atoms with Gasteiger partial charge in [0.2, 0.25) is 0 Å². The van der Waals surface area contributed by atoms with Crippen LogP contribution in [0.4, 0.5) is 0 Å². The van der Waals surface area contributed by atoms with Crippen LogP contribution in [0.5, 0.6) is 0 Å². The van der Waals surface area contributed by atoms with E-state index in [-0.39, 0.29) is 11.3 Å². The molecule has 0 spiro atoms. The molecule has 4 nitrogen and oxygen atoms in total. The largest absolute Gasteiger partial charge is 0.350 e. The van der Waals surface area contributed by atoms with Crippen LogP contribution in [-0.2, 0) is 11.8 Å². The van der Waals surface area contributed by atoms with Gasteiger partial charge >= 0.3 is 0 Å². The molecule has 0 saturated carbocycles. The van der Waals surface area contributed by atoms with Crippen molar-refractivity contribution in [2.24, 2.45) is 0 Å². The SMILES string of the molecule is Cc1ccc(C(C)(C)C)cc1CCNC(=O)c1cnccn1. The molecule has 1 heterocycles. The molecule has 1 N–H and O–H groups in total. The van der Waals surface area contributed by atoms with Gasteiger partial charge < -0.3 is 5.32 Å². The van der Waals surface area contributed by atoms with Gasteiger partial charge in [-0.2, -0.15) is 0 Å². The van der Waals surface area contributed by atoms with Crippen LogP contribution in [-0.4, -0.2) is 22.4 Å². The van der Waals surface area contributed by atoms with Gasteiger partial charge in [-0.25, -0.2) is 4.98 Å². The highest BCUT2D eigenvalue weighted by molar-refractivity contribution is 5.91. The number of amides is 1. The van der Waals surface area contributed by atoms with E-state index < -0.39 is 0 Å². The van der Waals surface area contributed by atoms with Crippen molar-refractivity contribution in [3.8, 4) is 0 Å². The van der Waals surface area contributed by atoms with Crippen molar-refractivity contribution in [3.05, 3.63) is 59.2 Å². The minimum Gasteiger partial charge on any atom is -0.350 e. The van der Waals surface area contributed by atoms with Crippen molar-refractivity contribution >= 4 is 5.91 Å². The Balaban J connectivity index is 1.99. The first-order valence-electron chi connectivity index (χ1n) is 7.52. The summed E-state index contributed by atoms with van der Waals surface area (Å²) in [7, 11) is 0. The average molecular weight is 297 g/mol. The smallest absolute Gasteiger partial charge is 0.271 e. The lowest BCUT2D eigenvalue weighted by Crippen LogP contribution is -2.26. The standard InChI is InChI=1S/C18H23N3O/c1-13-5-6-15(18(2,3)4)11-14(13)7-8-21-17(22)16-12-19-9-10-20-16/h5-6,9-12H,7-8H2,1-4H3,(H,21,22). The van der Waals surface area contributed by atoms with E-state index in [1.54, 1.807) is 6.20 Å². The summed E-state index contributed by atoms with van der Waals surface area (Å²) in [6, 6.07) is 6.57. The van der Waals surface area contributed by atoms with Crippen LogP contribution in [0.3, 0.4) is 0 Å². The van der Waals surface area contributed by atoms with Crippen molar-refractivity contribution in [2.45, 2.75) is 39.5 Å². The number of carbonyl (C=O) groups excluding carboxylic acids is 1. The van der Waals surface area contributed by atoms with Crippen molar-refractivity contribution < 1.29 is 4.79 Å². The zero-order chi connectivity index (χ0) is 16.2. The summed E-state index contributed by atoms with van der Waals surface area (Å²) in [6.45, 7) is 9.31. The van der Waals surface area contributed by atoms with E-state index >= 15 is 0 Å². The Morgan fingerprint density at radius 1 is 1.23 bits per heavy atom. The molecule has 2 rings (SSSR count). The summed E-state index contributed by atoms with van der Waals surface area (Å²) in [6.07, 6.45) is 5.35. The van der Waals surface area contributed by atoms with E-state index in [0.717, 1.165) is 6.42 Å². The highest BCUT2D eigenvalue weighted by atomic mass is 16.1. The van der Waals surface area contributed by atoms with E-state index in [4.69, 9.17) is 0 Å². The second kappa shape index (κ2) is 6.69. The molecule has 4 heteroatoms. The van der Waals surface area contributed by atoms with Crippen molar-refractivity contribution in [1.82, 2.24) is 15.3 Å². The first kappa shape index (κ1) is 16.1. The number of rotatable bonds is 4. The third-order valence-corrected chi connectivity index (χ3v) is 3.69. The second-order valence-electron chi connectivity index (χ2n) is 6.49. The molecule has 1 amide bonds. The molecule has 0 atom stereocenters. The predicted octanol–water partition coefficient (Wildman–Crippen LogP) is 3.06. The Hall–Kier alpha value is -2.23. The molecule has 1 aromatic carbocycles. The summed E-state index contributed by atoms with van der Waals surface area (Å²) in [5.74, 6) is -0.183. The van der Waals surface area contributed by atoms with Crippen LogP contribution < -0.4 is 5.32 Å². The van der Waals surface area contributed by atoms with Gasteiger partial charge in [-0.3, -0.25) is 9.78 Å². The van der Waals surface area contributed by atoms with Crippen molar-refractivity contribution in [1.29, 1.82) is 0 Å². The normalized spacial score (nSPS) is 11.3. The van der Waals surface area contributed by atoms with Gasteiger partial charge in [0.25, 0.3) is 5.91 Å². The molecule has 2 aromatic rings. The van der Waals surface area contributed by atoms with Crippen LogP contribution in [0.15, 0.2) is 36.8 Å². The highest BCUT2D eigenvalue weighted by Crippen LogP contribution is 2.24. The number of benzene rings is 1. The molecule has 1 aromatic heterocycles. The lowest BCUT2D eigenvalue weighted by molar-refractivity contribution is 0.0948. The Morgan fingerprint density at radius 2 is 2.00 bits per heavy atom. The van der Waals surface area contributed by atoms with Crippen LogP contribution in [0.2, 0.25) is 0 Å². The maximum absolute atomic E-state index is 11.9. The van der Waals surface area contributed by atoms with Crippen molar-refractivity contribution in [2.75, 3.05) is 6.54 Å². The minimum atomic E-state index is -0.183. The Kier molecular flexibility index (Phi) is 4.91. The molecule has 0 aliphatic rings. The van der Waals surface area contributed by atoms with Gasteiger partial charge in [0, 0.05) is 18.9 Å². The summed E-state index contributed by atoms with van der Waals surface area (Å²) >= 11 is 0. The van der Waals surface area contributed by atoms with Gasteiger partial charge in [-0.1, -0.05) is 39.0 Å². The topological polar surface area (TPSA) is 54.9 Å². The minimum absolute atomic E-state index is 0.130. The number of nitrogens with one attached hydrogen (secondary N) is 1.